The van der Waals surface area contributed by atoms with E-state index in [-0.39, 0.29) is 67.1 Å². The van der Waals surface area contributed by atoms with Crippen LogP contribution in [0.4, 0.5) is 89.5 Å². The molecule has 145 heavy (non-hydrogen) atoms. The van der Waals surface area contributed by atoms with E-state index in [4.69, 9.17) is 18.9 Å². The lowest BCUT2D eigenvalue weighted by molar-refractivity contribution is 0.114. The summed E-state index contributed by atoms with van der Waals surface area (Å²) in [5.74, 6) is 0. The highest BCUT2D eigenvalue weighted by Gasteiger charge is 2.39. The van der Waals surface area contributed by atoms with E-state index in [1.165, 1.54) is 72.9 Å². The minimum Gasteiger partial charge on any atom is -0.449 e. The number of piperidine rings is 1. The topological polar surface area (TPSA) is 341 Å². The summed E-state index contributed by atoms with van der Waals surface area (Å²) >= 11 is 0. The number of ether oxygens (including phenoxy) is 4. The number of nitrogens with one attached hydrogen (secondary N) is 10. The van der Waals surface area contributed by atoms with Crippen molar-refractivity contribution in [1.82, 2.24) is 24.7 Å². The molecule has 5 aliphatic rings. The molecular weight excluding hydrogens is 1850 g/mol. The Balaban J connectivity index is 0.000000199. The molecule has 16 rings (SSSR count). The quantitative estimate of drug-likeness (QED) is 0.0223. The number of rotatable bonds is 22. The van der Waals surface area contributed by atoms with E-state index >= 15 is 0 Å². The number of hydrogen-bond donors (Lipinski definition) is 10. The molecule has 0 radical (unpaired) electrons. The molecule has 772 valence electrons. The largest absolute Gasteiger partial charge is 0.449 e. The molecule has 11 aromatic rings. The van der Waals surface area contributed by atoms with Crippen LogP contribution in [0.1, 0.15) is 166 Å². The van der Waals surface area contributed by atoms with E-state index < -0.39 is 22.4 Å². The zero-order valence-electron chi connectivity index (χ0n) is 86.4. The van der Waals surface area contributed by atoms with Crippen LogP contribution in [0.15, 0.2) is 292 Å². The van der Waals surface area contributed by atoms with Crippen LogP contribution in [0.3, 0.4) is 0 Å². The molecule has 11 aromatic carbocycles. The normalized spacial score (nSPS) is 13.8. The van der Waals surface area contributed by atoms with Crippen molar-refractivity contribution in [2.24, 2.45) is 5.41 Å². The minimum atomic E-state index is -3.28. The average molecular weight is 1990 g/mol. The zero-order valence-corrected chi connectivity index (χ0v) is 87.2. The lowest BCUT2D eigenvalue weighted by Crippen LogP contribution is -2.38. The Kier molecular flexibility index (Phi) is 49.7. The minimum absolute atomic E-state index is 0.0244. The van der Waals surface area contributed by atoms with E-state index in [2.05, 4.69) is 78.8 Å². The Bertz CT molecular complexity index is 5840. The van der Waals surface area contributed by atoms with Crippen LogP contribution in [0.25, 0.3) is 0 Å². The number of carbonyl (C=O) groups excluding carboxylic acids is 8. The summed E-state index contributed by atoms with van der Waals surface area (Å²) in [6.07, 6.45) is 14.2. The van der Waals surface area contributed by atoms with Crippen LogP contribution in [-0.2, 0) is 42.2 Å². The maximum absolute atomic E-state index is 12.1. The molecule has 29 heteroatoms. The van der Waals surface area contributed by atoms with E-state index in [9.17, 15) is 46.8 Å². The molecule has 3 saturated heterocycles. The predicted octanol–water partition coefficient (Wildman–Crippen LogP) is 26.6. The summed E-state index contributed by atoms with van der Waals surface area (Å²) in [4.78, 5) is 96.0. The number of hydrogen-bond acceptors (Lipinski definition) is 14. The molecule has 28 nitrogen and oxygen atoms in total. The molecule has 2 saturated carbocycles. The van der Waals surface area contributed by atoms with Crippen molar-refractivity contribution in [2.45, 2.75) is 192 Å². The lowest BCUT2D eigenvalue weighted by atomic mass is 10.1. The van der Waals surface area contributed by atoms with Gasteiger partial charge in [0.2, 0.25) is 0 Å². The summed E-state index contributed by atoms with van der Waals surface area (Å²) in [5, 5.41) is 27.8. The fourth-order valence-corrected chi connectivity index (χ4v) is 15.9. The van der Waals surface area contributed by atoms with Crippen molar-refractivity contribution in [1.29, 1.82) is 0 Å². The van der Waals surface area contributed by atoms with Crippen molar-refractivity contribution in [3.8, 4) is 0 Å². The smallest absolute Gasteiger partial charge is 0.411 e. The Hall–Kier alpha value is -15.0. The number of carbonyl (C=O) groups is 8. The molecule has 0 spiro atoms. The van der Waals surface area contributed by atoms with Gasteiger partial charge in [-0.2, -0.15) is 12.7 Å². The van der Waals surface area contributed by atoms with Gasteiger partial charge in [-0.05, 0) is 273 Å². The van der Waals surface area contributed by atoms with Crippen LogP contribution in [-0.4, -0.2) is 149 Å². The first kappa shape index (κ1) is 115. The average Bonchev–Trinajstić information content (AvgIpc) is 1.64. The number of aryl methyl sites for hydroxylation is 9. The number of likely N-dealkylation sites (N-methyl/N-ethyl adjacent to an activating group) is 1. The second kappa shape index (κ2) is 62.5. The van der Waals surface area contributed by atoms with Gasteiger partial charge in [0, 0.05) is 109 Å². The highest BCUT2D eigenvalue weighted by Crippen LogP contribution is 2.45. The molecule has 1 atom stereocenters. The first-order chi connectivity index (χ1) is 69.7. The monoisotopic (exact) mass is 1990 g/mol. The summed E-state index contributed by atoms with van der Waals surface area (Å²) in [6.45, 7) is 36.4. The number of amides is 12. The Morgan fingerprint density at radius 2 is 0.717 bits per heavy atom. The Morgan fingerprint density at radius 1 is 0.386 bits per heavy atom. The second-order valence-electron chi connectivity index (χ2n) is 36.6. The molecule has 1 unspecified atom stereocenters. The third-order valence-corrected chi connectivity index (χ3v) is 25.6. The Morgan fingerprint density at radius 3 is 1.08 bits per heavy atom. The molecular formula is C116H148N14O14S. The highest BCUT2D eigenvalue weighted by molar-refractivity contribution is 7.90. The molecule has 3 aliphatic heterocycles. The van der Waals surface area contributed by atoms with Gasteiger partial charge in [0.15, 0.2) is 0 Å². The van der Waals surface area contributed by atoms with Gasteiger partial charge in [0.25, 0.3) is 0 Å². The zero-order chi connectivity index (χ0) is 105. The van der Waals surface area contributed by atoms with E-state index in [1.807, 2.05) is 360 Å². The van der Waals surface area contributed by atoms with Gasteiger partial charge in [-0.3, -0.25) is 25.6 Å². The summed E-state index contributed by atoms with van der Waals surface area (Å²) in [7, 11) is -3.28. The fourth-order valence-electron chi connectivity index (χ4n) is 14.2. The summed E-state index contributed by atoms with van der Waals surface area (Å²) in [5.41, 5.74) is 20.1. The van der Waals surface area contributed by atoms with Crippen molar-refractivity contribution in [3.05, 3.63) is 353 Å². The van der Waals surface area contributed by atoms with Crippen molar-refractivity contribution in [2.75, 3.05) is 112 Å². The molecule has 12 amide bonds. The number of urea groups is 4. The maximum Gasteiger partial charge on any atom is 0.411 e. The SMILES string of the molecule is C=CCOC(=O)Nc1ccc(C)cc1.CCC(C)NC(=O)Nc1ccc(C)cc1.CCN1CCN(c2ccc(C)cc2)S1(=O)=O.Cc1ccc(NC(=O)N2CCCC2)cc1.Cc1ccc(NC(=O)N2CCCCC2)cc1.Cc1ccc(NC(=O)NCCc2ccccc2)cc1.Cc1ccc(NC(=O)OC2CCCC2)cc1.Cc1ccc(NC(=O)OCC2(C)CC2)cc1.Cc1ccc(NC(=O)OCc2ccccc2)cc1. The molecule has 2 aliphatic carbocycles. The second-order valence-corrected chi connectivity index (χ2v) is 38.5. The number of nitrogens with zero attached hydrogens (tertiary/aromatic N) is 4. The third-order valence-electron chi connectivity index (χ3n) is 23.6. The first-order valence-electron chi connectivity index (χ1n) is 49.8. The summed E-state index contributed by atoms with van der Waals surface area (Å²) < 4.78 is 47.4. The van der Waals surface area contributed by atoms with Crippen LogP contribution < -0.4 is 57.5 Å². The number of benzene rings is 11. The summed E-state index contributed by atoms with van der Waals surface area (Å²) in [6, 6.07) is 88.8. The van der Waals surface area contributed by atoms with Crippen LogP contribution in [0.2, 0.25) is 0 Å². The van der Waals surface area contributed by atoms with E-state index in [0.29, 0.717) is 32.8 Å². The number of likely N-dealkylation sites (tertiary alicyclic amines) is 2. The molecule has 0 aromatic heterocycles. The van der Waals surface area contributed by atoms with Gasteiger partial charge < -0.3 is 60.6 Å². The Labute approximate surface area is 858 Å². The van der Waals surface area contributed by atoms with Crippen molar-refractivity contribution in [3.63, 3.8) is 0 Å². The van der Waals surface area contributed by atoms with Gasteiger partial charge in [0.05, 0.1) is 12.3 Å². The van der Waals surface area contributed by atoms with E-state index in [1.54, 1.807) is 0 Å². The molecule has 0 bridgehead atoms. The molecule has 3 heterocycles. The predicted molar refractivity (Wildman–Crippen MR) is 588 cm³/mol. The van der Waals surface area contributed by atoms with Gasteiger partial charge in [-0.25, -0.2) is 38.4 Å². The molecule has 10 N–H and O–H groups in total. The van der Waals surface area contributed by atoms with Crippen molar-refractivity contribution >= 4 is 110 Å². The van der Waals surface area contributed by atoms with Gasteiger partial charge >= 0.3 is 58.7 Å². The lowest BCUT2D eigenvalue weighted by Gasteiger charge is -2.26. The van der Waals surface area contributed by atoms with Gasteiger partial charge in [0.1, 0.15) is 19.3 Å². The molecule has 5 fully saturated rings. The highest BCUT2D eigenvalue weighted by atomic mass is 32.2. The maximum atomic E-state index is 12.1. The first-order valence-corrected chi connectivity index (χ1v) is 51.2. The third kappa shape index (κ3) is 46.3. The van der Waals surface area contributed by atoms with Gasteiger partial charge in [-0.1, -0.05) is 253 Å². The fraction of sp³-hybridized carbons (Fsp3) is 0.345. The van der Waals surface area contributed by atoms with Gasteiger partial charge in [-0.15, -0.1) is 0 Å². The number of anilines is 9. The van der Waals surface area contributed by atoms with Crippen LogP contribution >= 0.6 is 0 Å². The van der Waals surface area contributed by atoms with E-state index in [0.717, 1.165) is 164 Å². The van der Waals surface area contributed by atoms with Crippen LogP contribution in [0.5, 0.6) is 0 Å². The van der Waals surface area contributed by atoms with Crippen molar-refractivity contribution < 1.29 is 65.7 Å². The standard InChI is InChI=1S/C16H18N2O.C15H15NO2.C13H18N2O.2C13H17NO2.C12H16N2O.C12H18N2O.C11H16N2O2S.C11H13NO2/c1-13-7-9-15(10-8-13)18-16(19)17-12-11-14-5-3-2-4-6-14;1-12-7-9-14(10-8-12)16-15(17)18-11-13-5-3-2-4-6-13;1-11-5-7-12(8-6-11)14-13(16)15-9-3-2-4-10-15;1-10-3-5-11(6-4-10)14-12(15)16-9-13(2)7-8-13;1-10-6-8-11(9-7-10)14-13(15)16-12-4-2-3-5-12;1-10-4-6-11(7-5-10)13-12(15)14-8-2-3-9-14;1-4-10(3)13-12(15)14-11-7-5-9(2)6-8-11;1-3-12-8-9-13(16(12,14)15)11-6-4-10(2)5-7-11;1-3-8-14-11(13)12-10-6-4-9(2)5-7-10/h2-10H,11-12H2,1H3,(H2,17,18,19);2-10H,11H2,1H3,(H,16,17);5-8H,2-4,9-10H2,1H3,(H,14,16);3-6H,7-9H2,1-2H3,(H,14,15);6-9,12H,2-5H2,1H3,(H,14,15);4-7H,2-3,8-9H2,1H3,(H,13,15);5-8,10H,4H2,1-3H3,(H2,13,14,15);4-7H,3,8-9H2,1-2H3;3-7H,1,8H2,2H3,(H,12,13). The van der Waals surface area contributed by atoms with Crippen LogP contribution in [0, 0.1) is 67.7 Å².